The quantitative estimate of drug-likeness (QED) is 0.862. The highest BCUT2D eigenvalue weighted by molar-refractivity contribution is 5.26. The third kappa shape index (κ3) is 3.93. The molecule has 2 aromatic rings. The highest BCUT2D eigenvalue weighted by Gasteiger charge is 2.11. The lowest BCUT2D eigenvalue weighted by Crippen LogP contribution is -2.18. The summed E-state index contributed by atoms with van der Waals surface area (Å²) in [5.41, 5.74) is 4.08. The van der Waals surface area contributed by atoms with Gasteiger partial charge in [0.15, 0.2) is 0 Å². The molecular weight excluding hydrogens is 234 g/mol. The van der Waals surface area contributed by atoms with Gasteiger partial charge in [0.25, 0.3) is 0 Å². The maximum Gasteiger partial charge on any atom is 0.0521 e. The smallest absolute Gasteiger partial charge is 0.0521 e. The Morgan fingerprint density at radius 3 is 2.84 bits per heavy atom. The summed E-state index contributed by atoms with van der Waals surface area (Å²) in [5, 5.41) is 7.53. The highest BCUT2D eigenvalue weighted by Crippen LogP contribution is 2.22. The first-order valence-electron chi connectivity index (χ1n) is 6.87. The van der Waals surface area contributed by atoms with Gasteiger partial charge in [0.2, 0.25) is 0 Å². The third-order valence-corrected chi connectivity index (χ3v) is 3.50. The van der Waals surface area contributed by atoms with Crippen LogP contribution in [0.5, 0.6) is 0 Å². The number of nitrogens with one attached hydrogen (secondary N) is 1. The van der Waals surface area contributed by atoms with Crippen LogP contribution in [0.15, 0.2) is 36.7 Å². The van der Waals surface area contributed by atoms with E-state index in [4.69, 9.17) is 0 Å². The van der Waals surface area contributed by atoms with Gasteiger partial charge in [-0.15, -0.1) is 0 Å². The second kappa shape index (κ2) is 6.53. The third-order valence-electron chi connectivity index (χ3n) is 3.50. The molecule has 1 unspecified atom stereocenters. The predicted octanol–water partition coefficient (Wildman–Crippen LogP) is 2.66. The van der Waals surface area contributed by atoms with E-state index < -0.39 is 0 Å². The van der Waals surface area contributed by atoms with Crippen LogP contribution >= 0.6 is 0 Å². The summed E-state index contributed by atoms with van der Waals surface area (Å²) in [6.07, 6.45) is 6.30. The molecule has 0 saturated heterocycles. The van der Waals surface area contributed by atoms with Gasteiger partial charge >= 0.3 is 0 Å². The molecule has 1 N–H and O–H groups in total. The molecule has 3 heteroatoms. The van der Waals surface area contributed by atoms with Crippen LogP contribution < -0.4 is 5.32 Å². The van der Waals surface area contributed by atoms with Gasteiger partial charge in [-0.2, -0.15) is 5.10 Å². The van der Waals surface area contributed by atoms with Crippen LogP contribution in [-0.4, -0.2) is 23.4 Å². The average molecular weight is 257 g/mol. The molecule has 0 radical (unpaired) electrons. The Labute approximate surface area is 115 Å². The molecule has 1 atom stereocenters. The molecule has 0 spiro atoms. The summed E-state index contributed by atoms with van der Waals surface area (Å²) in [7, 11) is 3.99. The number of aromatic nitrogens is 2. The molecule has 0 aliphatic carbocycles. The van der Waals surface area contributed by atoms with Gasteiger partial charge in [0.05, 0.1) is 6.20 Å². The molecule has 19 heavy (non-hydrogen) atoms. The average Bonchev–Trinajstić information content (AvgIpc) is 2.80. The van der Waals surface area contributed by atoms with Gasteiger partial charge in [0.1, 0.15) is 0 Å². The van der Waals surface area contributed by atoms with Crippen molar-refractivity contribution < 1.29 is 0 Å². The normalized spacial score (nSPS) is 12.6. The standard InChI is InChI=1S/C16H23N3/c1-13-5-4-6-15(9-13)16(11-17-2)8-7-14-10-18-19(3)12-14/h4-6,9-10,12,16-17H,7-8,11H2,1-3H3. The molecule has 2 rings (SSSR count). The number of hydrogen-bond acceptors (Lipinski definition) is 2. The van der Waals surface area contributed by atoms with E-state index in [9.17, 15) is 0 Å². The molecule has 1 aromatic carbocycles. The van der Waals surface area contributed by atoms with Crippen molar-refractivity contribution >= 4 is 0 Å². The Morgan fingerprint density at radius 2 is 2.21 bits per heavy atom. The van der Waals surface area contributed by atoms with E-state index >= 15 is 0 Å². The minimum absolute atomic E-state index is 0.560. The van der Waals surface area contributed by atoms with Crippen LogP contribution in [0.1, 0.15) is 29.0 Å². The zero-order valence-corrected chi connectivity index (χ0v) is 12.1. The van der Waals surface area contributed by atoms with Crippen LogP contribution in [0.3, 0.4) is 0 Å². The molecule has 0 aliphatic heterocycles. The van der Waals surface area contributed by atoms with Crippen molar-refractivity contribution in [3.05, 3.63) is 53.3 Å². The summed E-state index contributed by atoms with van der Waals surface area (Å²) in [6, 6.07) is 8.84. The van der Waals surface area contributed by atoms with Gasteiger partial charge in [-0.05, 0) is 43.9 Å². The van der Waals surface area contributed by atoms with Crippen molar-refractivity contribution in [3.63, 3.8) is 0 Å². The Bertz CT molecular complexity index is 516. The summed E-state index contributed by atoms with van der Waals surface area (Å²) < 4.78 is 1.87. The lowest BCUT2D eigenvalue weighted by atomic mass is 9.92. The fourth-order valence-corrected chi connectivity index (χ4v) is 2.50. The minimum Gasteiger partial charge on any atom is -0.319 e. The monoisotopic (exact) mass is 257 g/mol. The summed E-state index contributed by atoms with van der Waals surface area (Å²) in [6.45, 7) is 3.17. The van der Waals surface area contributed by atoms with Gasteiger partial charge in [-0.3, -0.25) is 4.68 Å². The molecule has 102 valence electrons. The summed E-state index contributed by atoms with van der Waals surface area (Å²) >= 11 is 0. The van der Waals surface area contributed by atoms with Gasteiger partial charge < -0.3 is 5.32 Å². The zero-order chi connectivity index (χ0) is 13.7. The van der Waals surface area contributed by atoms with Gasteiger partial charge in [-0.25, -0.2) is 0 Å². The van der Waals surface area contributed by atoms with E-state index in [1.165, 1.54) is 16.7 Å². The maximum atomic E-state index is 4.23. The number of aryl methyl sites for hydroxylation is 3. The van der Waals surface area contributed by atoms with E-state index in [1.807, 2.05) is 25.0 Å². The van der Waals surface area contributed by atoms with Crippen molar-refractivity contribution in [1.29, 1.82) is 0 Å². The largest absolute Gasteiger partial charge is 0.319 e. The number of rotatable bonds is 6. The van der Waals surface area contributed by atoms with Crippen molar-refractivity contribution in [2.75, 3.05) is 13.6 Å². The second-order valence-electron chi connectivity index (χ2n) is 5.23. The van der Waals surface area contributed by atoms with Crippen LogP contribution in [0.2, 0.25) is 0 Å². The SMILES string of the molecule is CNCC(CCc1cnn(C)c1)c1cccc(C)c1. The highest BCUT2D eigenvalue weighted by atomic mass is 15.2. The molecule has 0 bridgehead atoms. The number of likely N-dealkylation sites (N-methyl/N-ethyl adjacent to an activating group) is 1. The molecule has 3 nitrogen and oxygen atoms in total. The topological polar surface area (TPSA) is 29.9 Å². The lowest BCUT2D eigenvalue weighted by molar-refractivity contribution is 0.583. The lowest BCUT2D eigenvalue weighted by Gasteiger charge is -2.17. The van der Waals surface area contributed by atoms with Crippen molar-refractivity contribution in [1.82, 2.24) is 15.1 Å². The number of nitrogens with zero attached hydrogens (tertiary/aromatic N) is 2. The van der Waals surface area contributed by atoms with Crippen LogP contribution in [0, 0.1) is 6.92 Å². The Balaban J connectivity index is 2.03. The van der Waals surface area contributed by atoms with Crippen LogP contribution in [0.25, 0.3) is 0 Å². The Kier molecular flexibility index (Phi) is 4.74. The first kappa shape index (κ1) is 13.8. The zero-order valence-electron chi connectivity index (χ0n) is 12.1. The van der Waals surface area contributed by atoms with Crippen molar-refractivity contribution in [2.45, 2.75) is 25.7 Å². The van der Waals surface area contributed by atoms with E-state index in [0.29, 0.717) is 5.92 Å². The Hall–Kier alpha value is -1.61. The molecule has 0 amide bonds. The molecule has 0 fully saturated rings. The maximum absolute atomic E-state index is 4.23. The minimum atomic E-state index is 0.560. The first-order valence-corrected chi connectivity index (χ1v) is 6.87. The van der Waals surface area contributed by atoms with Crippen molar-refractivity contribution in [2.24, 2.45) is 7.05 Å². The molecule has 0 aliphatic rings. The first-order chi connectivity index (χ1) is 9.19. The number of hydrogen-bond donors (Lipinski definition) is 1. The van der Waals surface area contributed by atoms with Crippen molar-refractivity contribution in [3.8, 4) is 0 Å². The fourth-order valence-electron chi connectivity index (χ4n) is 2.50. The number of benzene rings is 1. The van der Waals surface area contributed by atoms with Crippen LogP contribution in [0.4, 0.5) is 0 Å². The molecule has 0 saturated carbocycles. The summed E-state index contributed by atoms with van der Waals surface area (Å²) in [4.78, 5) is 0. The van der Waals surface area contributed by atoms with E-state index in [2.05, 4.69) is 47.8 Å². The summed E-state index contributed by atoms with van der Waals surface area (Å²) in [5.74, 6) is 0.560. The van der Waals surface area contributed by atoms with E-state index in [0.717, 1.165) is 19.4 Å². The van der Waals surface area contributed by atoms with Crippen LogP contribution in [-0.2, 0) is 13.5 Å². The second-order valence-corrected chi connectivity index (χ2v) is 5.23. The molecule has 1 aromatic heterocycles. The fraction of sp³-hybridized carbons (Fsp3) is 0.438. The van der Waals surface area contributed by atoms with Gasteiger partial charge in [0, 0.05) is 19.8 Å². The Morgan fingerprint density at radius 1 is 1.37 bits per heavy atom. The molecular formula is C16H23N3. The van der Waals surface area contributed by atoms with Gasteiger partial charge in [-0.1, -0.05) is 29.8 Å². The predicted molar refractivity (Wildman–Crippen MR) is 79.4 cm³/mol. The van der Waals surface area contributed by atoms with E-state index in [1.54, 1.807) is 0 Å². The molecule has 1 heterocycles. The van der Waals surface area contributed by atoms with E-state index in [-0.39, 0.29) is 0 Å².